The zero-order valence-electron chi connectivity index (χ0n) is 10.8. The van der Waals surface area contributed by atoms with E-state index in [4.69, 9.17) is 5.11 Å². The summed E-state index contributed by atoms with van der Waals surface area (Å²) in [6.07, 6.45) is 0.145. The van der Waals surface area contributed by atoms with Gasteiger partial charge in [-0.25, -0.2) is 9.59 Å². The van der Waals surface area contributed by atoms with Crippen LogP contribution in [0.2, 0.25) is 0 Å². The fourth-order valence-electron chi connectivity index (χ4n) is 1.96. The smallest absolute Gasteiger partial charge is 0.326 e. The summed E-state index contributed by atoms with van der Waals surface area (Å²) >= 11 is 0. The molecule has 1 aliphatic heterocycles. The number of carboxylic acids is 1. The second kappa shape index (κ2) is 6.55. The Morgan fingerprint density at radius 3 is 2.67 bits per heavy atom. The van der Waals surface area contributed by atoms with E-state index in [0.29, 0.717) is 6.54 Å². The summed E-state index contributed by atoms with van der Waals surface area (Å²) < 4.78 is 0. The summed E-state index contributed by atoms with van der Waals surface area (Å²) in [5, 5.41) is 21.0. The van der Waals surface area contributed by atoms with Gasteiger partial charge in [0.05, 0.1) is 6.10 Å². The molecule has 2 amide bonds. The SMILES string of the molecule is CN(C)CCCNC(=O)N1C[C@@H](O)C[C@H]1C(=O)O. The van der Waals surface area contributed by atoms with E-state index >= 15 is 0 Å². The molecule has 3 N–H and O–H groups in total. The van der Waals surface area contributed by atoms with Crippen LogP contribution >= 0.6 is 0 Å². The maximum Gasteiger partial charge on any atom is 0.326 e. The number of hydrogen-bond acceptors (Lipinski definition) is 4. The molecule has 7 nitrogen and oxygen atoms in total. The lowest BCUT2D eigenvalue weighted by Gasteiger charge is -2.21. The molecule has 0 aromatic rings. The molecule has 18 heavy (non-hydrogen) atoms. The van der Waals surface area contributed by atoms with Crippen LogP contribution in [0.15, 0.2) is 0 Å². The summed E-state index contributed by atoms with van der Waals surface area (Å²) in [5.74, 6) is -1.07. The number of carbonyl (C=O) groups is 2. The van der Waals surface area contributed by atoms with Gasteiger partial charge >= 0.3 is 12.0 Å². The van der Waals surface area contributed by atoms with Crippen molar-refractivity contribution in [2.45, 2.75) is 25.0 Å². The van der Waals surface area contributed by atoms with Gasteiger partial charge in [-0.3, -0.25) is 0 Å². The van der Waals surface area contributed by atoms with Crippen molar-refractivity contribution in [2.75, 3.05) is 33.7 Å². The molecular weight excluding hydrogens is 238 g/mol. The molecule has 7 heteroatoms. The lowest BCUT2D eigenvalue weighted by Crippen LogP contribution is -2.46. The van der Waals surface area contributed by atoms with Crippen molar-refractivity contribution in [3.8, 4) is 0 Å². The number of amides is 2. The van der Waals surface area contributed by atoms with E-state index in [9.17, 15) is 14.7 Å². The third kappa shape index (κ3) is 4.15. The van der Waals surface area contributed by atoms with Gasteiger partial charge in [-0.05, 0) is 27.1 Å². The van der Waals surface area contributed by atoms with Crippen molar-refractivity contribution in [3.05, 3.63) is 0 Å². The molecule has 0 aromatic carbocycles. The molecule has 0 aromatic heterocycles. The third-order valence-electron chi connectivity index (χ3n) is 2.88. The minimum Gasteiger partial charge on any atom is -0.480 e. The van der Waals surface area contributed by atoms with Crippen LogP contribution in [0.25, 0.3) is 0 Å². The van der Waals surface area contributed by atoms with E-state index < -0.39 is 24.1 Å². The summed E-state index contributed by atoms with van der Waals surface area (Å²) in [6.45, 7) is 1.43. The standard InChI is InChI=1S/C11H21N3O4/c1-13(2)5-3-4-12-11(18)14-7-8(15)6-9(14)10(16)17/h8-9,15H,3-7H2,1-2H3,(H,12,18)(H,16,17)/t8-,9-/m0/s1. The lowest BCUT2D eigenvalue weighted by molar-refractivity contribution is -0.141. The summed E-state index contributed by atoms with van der Waals surface area (Å²) in [6, 6.07) is -1.34. The van der Waals surface area contributed by atoms with Gasteiger partial charge in [0, 0.05) is 19.5 Å². The first-order chi connectivity index (χ1) is 8.41. The summed E-state index contributed by atoms with van der Waals surface area (Å²) in [7, 11) is 3.89. The van der Waals surface area contributed by atoms with Gasteiger partial charge < -0.3 is 25.3 Å². The summed E-state index contributed by atoms with van der Waals surface area (Å²) in [5.41, 5.74) is 0. The predicted molar refractivity (Wildman–Crippen MR) is 65.3 cm³/mol. The highest BCUT2D eigenvalue weighted by Crippen LogP contribution is 2.17. The largest absolute Gasteiger partial charge is 0.480 e. The molecule has 1 rings (SSSR count). The molecular formula is C11H21N3O4. The fourth-order valence-corrected chi connectivity index (χ4v) is 1.96. The number of β-amino-alcohol motifs (C(OH)–C–C–N with tert-alkyl or cyclic N) is 1. The number of aliphatic hydroxyl groups excluding tert-OH is 1. The van der Waals surface area contributed by atoms with Crippen molar-refractivity contribution in [2.24, 2.45) is 0 Å². The normalized spacial score (nSPS) is 23.4. The van der Waals surface area contributed by atoms with E-state index in [1.54, 1.807) is 0 Å². The maximum absolute atomic E-state index is 11.8. The van der Waals surface area contributed by atoms with Gasteiger partial charge in [-0.1, -0.05) is 0 Å². The molecule has 1 heterocycles. The van der Waals surface area contributed by atoms with Gasteiger partial charge in [0.2, 0.25) is 0 Å². The van der Waals surface area contributed by atoms with Crippen molar-refractivity contribution in [1.82, 2.24) is 15.1 Å². The number of aliphatic carboxylic acids is 1. The third-order valence-corrected chi connectivity index (χ3v) is 2.88. The fraction of sp³-hybridized carbons (Fsp3) is 0.818. The number of nitrogens with one attached hydrogen (secondary N) is 1. The van der Waals surface area contributed by atoms with Crippen molar-refractivity contribution in [1.29, 1.82) is 0 Å². The monoisotopic (exact) mass is 259 g/mol. The first kappa shape index (κ1) is 14.7. The Hall–Kier alpha value is -1.34. The van der Waals surface area contributed by atoms with Crippen LogP contribution in [-0.2, 0) is 4.79 Å². The highest BCUT2D eigenvalue weighted by atomic mass is 16.4. The number of urea groups is 1. The number of likely N-dealkylation sites (tertiary alicyclic amines) is 1. The Morgan fingerprint density at radius 1 is 1.44 bits per heavy atom. The van der Waals surface area contributed by atoms with Gasteiger partial charge in [-0.2, -0.15) is 0 Å². The molecule has 2 atom stereocenters. The number of aliphatic hydroxyl groups is 1. The molecule has 0 unspecified atom stereocenters. The van der Waals surface area contributed by atoms with Crippen LogP contribution in [0.5, 0.6) is 0 Å². The van der Waals surface area contributed by atoms with E-state index in [-0.39, 0.29) is 13.0 Å². The second-order valence-corrected chi connectivity index (χ2v) is 4.78. The number of hydrogen-bond donors (Lipinski definition) is 3. The molecule has 1 aliphatic rings. The first-order valence-electron chi connectivity index (χ1n) is 6.02. The minimum absolute atomic E-state index is 0.0798. The molecule has 0 radical (unpaired) electrons. The Bertz CT molecular complexity index is 309. The second-order valence-electron chi connectivity index (χ2n) is 4.78. The maximum atomic E-state index is 11.8. The minimum atomic E-state index is -1.07. The molecule has 0 saturated carbocycles. The van der Waals surface area contributed by atoms with Gasteiger partial charge in [0.25, 0.3) is 0 Å². The van der Waals surface area contributed by atoms with Crippen LogP contribution in [0, 0.1) is 0 Å². The van der Waals surface area contributed by atoms with Crippen LogP contribution in [-0.4, -0.2) is 77.9 Å². The Balaban J connectivity index is 2.38. The Labute approximate surface area is 106 Å². The zero-order valence-corrected chi connectivity index (χ0v) is 10.8. The van der Waals surface area contributed by atoms with Crippen molar-refractivity contribution in [3.63, 3.8) is 0 Å². The highest BCUT2D eigenvalue weighted by Gasteiger charge is 2.38. The van der Waals surface area contributed by atoms with Gasteiger partial charge in [0.1, 0.15) is 6.04 Å². The Morgan fingerprint density at radius 2 is 2.11 bits per heavy atom. The molecule has 0 spiro atoms. The lowest BCUT2D eigenvalue weighted by atomic mass is 10.2. The predicted octanol–water partition coefficient (Wildman–Crippen LogP) is -0.832. The van der Waals surface area contributed by atoms with Crippen LogP contribution in [0.3, 0.4) is 0 Å². The zero-order chi connectivity index (χ0) is 13.7. The summed E-state index contributed by atoms with van der Waals surface area (Å²) in [4.78, 5) is 25.9. The molecule has 0 aliphatic carbocycles. The van der Waals surface area contributed by atoms with Crippen molar-refractivity contribution >= 4 is 12.0 Å². The number of rotatable bonds is 5. The number of carboxylic acid groups (broad SMARTS) is 1. The van der Waals surface area contributed by atoms with Crippen LogP contribution in [0.1, 0.15) is 12.8 Å². The van der Waals surface area contributed by atoms with Crippen LogP contribution < -0.4 is 5.32 Å². The quantitative estimate of drug-likeness (QED) is 0.560. The van der Waals surface area contributed by atoms with Crippen LogP contribution in [0.4, 0.5) is 4.79 Å². The molecule has 1 fully saturated rings. The van der Waals surface area contributed by atoms with Gasteiger partial charge in [-0.15, -0.1) is 0 Å². The van der Waals surface area contributed by atoms with Gasteiger partial charge in [0.15, 0.2) is 0 Å². The average Bonchev–Trinajstić information content (AvgIpc) is 2.66. The highest BCUT2D eigenvalue weighted by molar-refractivity contribution is 5.83. The molecule has 0 bridgehead atoms. The molecule has 104 valence electrons. The van der Waals surface area contributed by atoms with E-state index in [1.165, 1.54) is 4.90 Å². The van der Waals surface area contributed by atoms with Crippen molar-refractivity contribution < 1.29 is 19.8 Å². The number of carbonyl (C=O) groups excluding carboxylic acids is 1. The molecule has 1 saturated heterocycles. The van der Waals surface area contributed by atoms with E-state index in [2.05, 4.69) is 5.32 Å². The Kier molecular flexibility index (Phi) is 5.36. The topological polar surface area (TPSA) is 93.1 Å². The number of nitrogens with zero attached hydrogens (tertiary/aromatic N) is 2. The van der Waals surface area contributed by atoms with E-state index in [0.717, 1.165) is 13.0 Å². The first-order valence-corrected chi connectivity index (χ1v) is 6.02. The average molecular weight is 259 g/mol. The van der Waals surface area contributed by atoms with E-state index in [1.807, 2.05) is 19.0 Å².